The van der Waals surface area contributed by atoms with Crippen LogP contribution in [0.3, 0.4) is 0 Å². The van der Waals surface area contributed by atoms with Crippen LogP contribution in [0.5, 0.6) is 0 Å². The molecule has 0 aliphatic heterocycles. The molecule has 1 aromatic rings. The average molecular weight is 259 g/mol. The Morgan fingerprint density at radius 3 is 2.88 bits per heavy atom. The van der Waals surface area contributed by atoms with Gasteiger partial charge >= 0.3 is 5.97 Å². The fraction of sp³-hybridized carbons (Fsp3) is 0.300. The van der Waals surface area contributed by atoms with Gasteiger partial charge in [-0.2, -0.15) is 0 Å². The van der Waals surface area contributed by atoms with Crippen molar-refractivity contribution in [1.82, 2.24) is 10.3 Å². The van der Waals surface area contributed by atoms with Crippen LogP contribution in [-0.4, -0.2) is 41.7 Å². The molecule has 92 valence electrons. The molecule has 0 saturated carbocycles. The van der Waals surface area contributed by atoms with Gasteiger partial charge in [-0.15, -0.1) is 0 Å². The molecule has 1 unspecified atom stereocenters. The lowest BCUT2D eigenvalue weighted by Gasteiger charge is -2.09. The Kier molecular flexibility index (Phi) is 4.86. The Balaban J connectivity index is 2.53. The first-order chi connectivity index (χ1) is 8.04. The number of aliphatic hydroxyl groups is 1. The minimum atomic E-state index is -1.40. The van der Waals surface area contributed by atoms with Crippen molar-refractivity contribution >= 4 is 23.5 Å². The molecule has 1 atom stereocenters. The second kappa shape index (κ2) is 6.17. The fourth-order valence-corrected chi connectivity index (χ4v) is 1.20. The highest BCUT2D eigenvalue weighted by Crippen LogP contribution is 2.04. The van der Waals surface area contributed by atoms with Gasteiger partial charge in [0.25, 0.3) is 5.91 Å². The minimum Gasteiger partial charge on any atom is -0.467 e. The number of hydrogen-bond donors (Lipinski definition) is 2. The van der Waals surface area contributed by atoms with Crippen molar-refractivity contribution in [2.75, 3.05) is 13.7 Å². The summed E-state index contributed by atoms with van der Waals surface area (Å²) in [6.07, 6.45) is -1.40. The maximum atomic E-state index is 11.5. The summed E-state index contributed by atoms with van der Waals surface area (Å²) in [4.78, 5) is 26.1. The number of aromatic nitrogens is 1. The number of hydrogen-bond acceptors (Lipinski definition) is 5. The van der Waals surface area contributed by atoms with Crippen LogP contribution >= 0.6 is 11.6 Å². The first-order valence-corrected chi connectivity index (χ1v) is 5.09. The first kappa shape index (κ1) is 13.4. The van der Waals surface area contributed by atoms with Crippen LogP contribution in [0.4, 0.5) is 0 Å². The number of carbonyl (C=O) groups is 2. The van der Waals surface area contributed by atoms with E-state index < -0.39 is 18.0 Å². The Morgan fingerprint density at radius 1 is 1.59 bits per heavy atom. The lowest BCUT2D eigenvalue weighted by Crippen LogP contribution is -2.37. The van der Waals surface area contributed by atoms with Crippen LogP contribution in [0.15, 0.2) is 18.2 Å². The van der Waals surface area contributed by atoms with Crippen molar-refractivity contribution < 1.29 is 19.4 Å². The number of rotatable bonds is 4. The number of halogens is 1. The Bertz CT molecular complexity index is 425. The number of aliphatic hydroxyl groups excluding tert-OH is 1. The fourth-order valence-electron chi connectivity index (χ4n) is 1.03. The number of amides is 1. The third-order valence-electron chi connectivity index (χ3n) is 1.88. The summed E-state index contributed by atoms with van der Waals surface area (Å²) in [6, 6.07) is 4.56. The molecule has 0 saturated heterocycles. The molecule has 1 rings (SSSR count). The largest absolute Gasteiger partial charge is 0.467 e. The van der Waals surface area contributed by atoms with Crippen LogP contribution in [0, 0.1) is 0 Å². The highest BCUT2D eigenvalue weighted by atomic mass is 35.5. The zero-order valence-corrected chi connectivity index (χ0v) is 9.77. The summed E-state index contributed by atoms with van der Waals surface area (Å²) in [5, 5.41) is 11.7. The second-order valence-electron chi connectivity index (χ2n) is 3.09. The Labute approximate surface area is 103 Å². The van der Waals surface area contributed by atoms with Gasteiger partial charge in [0.2, 0.25) is 0 Å². The molecule has 1 aromatic heterocycles. The smallest absolute Gasteiger partial charge is 0.336 e. The molecule has 1 amide bonds. The lowest BCUT2D eigenvalue weighted by atomic mass is 10.3. The SMILES string of the molecule is COC(=O)C(O)CNC(=O)c1cccc(Cl)n1. The van der Waals surface area contributed by atoms with Crippen LogP contribution in [0.2, 0.25) is 5.15 Å². The van der Waals surface area contributed by atoms with Gasteiger partial charge in [0.05, 0.1) is 13.7 Å². The standard InChI is InChI=1S/C10H11ClN2O4/c1-17-10(16)7(14)5-12-9(15)6-3-2-4-8(11)13-6/h2-4,7,14H,5H2,1H3,(H,12,15). The highest BCUT2D eigenvalue weighted by molar-refractivity contribution is 6.29. The zero-order chi connectivity index (χ0) is 12.8. The lowest BCUT2D eigenvalue weighted by molar-refractivity contribution is -0.149. The molecule has 0 aliphatic rings. The van der Waals surface area contributed by atoms with E-state index in [1.165, 1.54) is 12.1 Å². The van der Waals surface area contributed by atoms with Crippen molar-refractivity contribution in [3.8, 4) is 0 Å². The Morgan fingerprint density at radius 2 is 2.29 bits per heavy atom. The van der Waals surface area contributed by atoms with E-state index >= 15 is 0 Å². The molecule has 0 spiro atoms. The van der Waals surface area contributed by atoms with Gasteiger partial charge in [0, 0.05) is 0 Å². The van der Waals surface area contributed by atoms with E-state index in [2.05, 4.69) is 15.0 Å². The predicted octanol–water partition coefficient (Wildman–Crippen LogP) is -0.00130. The minimum absolute atomic E-state index is 0.106. The highest BCUT2D eigenvalue weighted by Gasteiger charge is 2.17. The molecule has 1 heterocycles. The molecule has 17 heavy (non-hydrogen) atoms. The second-order valence-corrected chi connectivity index (χ2v) is 3.48. The Hall–Kier alpha value is -1.66. The van der Waals surface area contributed by atoms with E-state index in [0.29, 0.717) is 0 Å². The van der Waals surface area contributed by atoms with E-state index in [1.54, 1.807) is 6.07 Å². The van der Waals surface area contributed by atoms with Gasteiger partial charge in [0.15, 0.2) is 6.10 Å². The van der Waals surface area contributed by atoms with Crippen molar-refractivity contribution in [2.45, 2.75) is 6.10 Å². The quantitative estimate of drug-likeness (QED) is 0.586. The van der Waals surface area contributed by atoms with Crippen LogP contribution < -0.4 is 5.32 Å². The van der Waals surface area contributed by atoms with Gasteiger partial charge in [-0.05, 0) is 12.1 Å². The van der Waals surface area contributed by atoms with Gasteiger partial charge in [0.1, 0.15) is 10.8 Å². The first-order valence-electron chi connectivity index (χ1n) is 4.71. The summed E-state index contributed by atoms with van der Waals surface area (Å²) < 4.78 is 4.29. The molecule has 0 aliphatic carbocycles. The average Bonchev–Trinajstić information content (AvgIpc) is 2.34. The molecule has 0 aromatic carbocycles. The number of pyridine rings is 1. The van der Waals surface area contributed by atoms with Crippen LogP contribution in [-0.2, 0) is 9.53 Å². The number of ether oxygens (including phenoxy) is 1. The summed E-state index contributed by atoms with van der Waals surface area (Å²) in [5.41, 5.74) is 0.106. The molecule has 6 nitrogen and oxygen atoms in total. The maximum Gasteiger partial charge on any atom is 0.336 e. The van der Waals surface area contributed by atoms with E-state index in [1.807, 2.05) is 0 Å². The molecule has 7 heteroatoms. The summed E-state index contributed by atoms with van der Waals surface area (Å²) >= 11 is 5.61. The molecule has 0 radical (unpaired) electrons. The van der Waals surface area contributed by atoms with Crippen LogP contribution in [0.25, 0.3) is 0 Å². The summed E-state index contributed by atoms with van der Waals surface area (Å²) in [6.45, 7) is -0.250. The number of esters is 1. The normalized spacial score (nSPS) is 11.7. The van der Waals surface area contributed by atoms with Crippen molar-refractivity contribution in [3.05, 3.63) is 29.0 Å². The topological polar surface area (TPSA) is 88.5 Å². The predicted molar refractivity (Wildman–Crippen MR) is 59.6 cm³/mol. The zero-order valence-electron chi connectivity index (χ0n) is 9.01. The molecule has 2 N–H and O–H groups in total. The van der Waals surface area contributed by atoms with E-state index in [0.717, 1.165) is 7.11 Å². The van der Waals surface area contributed by atoms with Crippen molar-refractivity contribution in [1.29, 1.82) is 0 Å². The van der Waals surface area contributed by atoms with Gasteiger partial charge in [-0.3, -0.25) is 4.79 Å². The molecule has 0 fully saturated rings. The number of methoxy groups -OCH3 is 1. The van der Waals surface area contributed by atoms with E-state index in [-0.39, 0.29) is 17.4 Å². The third-order valence-corrected chi connectivity index (χ3v) is 2.09. The summed E-state index contributed by atoms with van der Waals surface area (Å²) in [7, 11) is 1.14. The van der Waals surface area contributed by atoms with Gasteiger partial charge < -0.3 is 15.2 Å². The number of carbonyl (C=O) groups excluding carboxylic acids is 2. The van der Waals surface area contributed by atoms with Gasteiger partial charge in [-0.25, -0.2) is 9.78 Å². The van der Waals surface area contributed by atoms with Gasteiger partial charge in [-0.1, -0.05) is 17.7 Å². The maximum absolute atomic E-state index is 11.5. The van der Waals surface area contributed by atoms with Crippen molar-refractivity contribution in [3.63, 3.8) is 0 Å². The molecular formula is C10H11ClN2O4. The van der Waals surface area contributed by atoms with E-state index in [9.17, 15) is 14.7 Å². The summed E-state index contributed by atoms with van der Waals surface area (Å²) in [5.74, 6) is -1.35. The number of nitrogens with one attached hydrogen (secondary N) is 1. The number of nitrogens with zero attached hydrogens (tertiary/aromatic N) is 1. The monoisotopic (exact) mass is 258 g/mol. The third kappa shape index (κ3) is 4.01. The molecular weight excluding hydrogens is 248 g/mol. The molecule has 0 bridgehead atoms. The van der Waals surface area contributed by atoms with Crippen LogP contribution in [0.1, 0.15) is 10.5 Å². The van der Waals surface area contributed by atoms with E-state index in [4.69, 9.17) is 11.6 Å². The van der Waals surface area contributed by atoms with Crippen molar-refractivity contribution in [2.24, 2.45) is 0 Å².